The van der Waals surface area contributed by atoms with Crippen molar-refractivity contribution in [3.8, 4) is 0 Å². The van der Waals surface area contributed by atoms with E-state index in [9.17, 15) is 0 Å². The monoisotopic (exact) mass is 226 g/mol. The summed E-state index contributed by atoms with van der Waals surface area (Å²) in [6.07, 6.45) is 8.09. The van der Waals surface area contributed by atoms with Crippen molar-refractivity contribution in [1.29, 1.82) is 0 Å². The van der Waals surface area contributed by atoms with Crippen molar-refractivity contribution in [2.24, 2.45) is 5.41 Å². The van der Waals surface area contributed by atoms with Crippen LogP contribution in [0.15, 0.2) is 11.8 Å². The van der Waals surface area contributed by atoms with Crippen LogP contribution in [-0.2, 0) is 9.47 Å². The van der Waals surface area contributed by atoms with Crippen LogP contribution in [0.4, 0.5) is 0 Å². The first-order chi connectivity index (χ1) is 7.62. The van der Waals surface area contributed by atoms with E-state index in [0.717, 1.165) is 26.2 Å². The van der Waals surface area contributed by atoms with E-state index >= 15 is 0 Å². The number of hydrogen-bond acceptors (Lipinski definition) is 2. The summed E-state index contributed by atoms with van der Waals surface area (Å²) in [4.78, 5) is 0. The Hall–Kier alpha value is -0.500. The van der Waals surface area contributed by atoms with Crippen molar-refractivity contribution in [3.05, 3.63) is 11.8 Å². The lowest BCUT2D eigenvalue weighted by molar-refractivity contribution is 0.0173. The first kappa shape index (κ1) is 13.6. The van der Waals surface area contributed by atoms with E-state index in [4.69, 9.17) is 9.47 Å². The molecule has 0 aromatic rings. The van der Waals surface area contributed by atoms with Gasteiger partial charge in [0.25, 0.3) is 0 Å². The third-order valence-electron chi connectivity index (χ3n) is 3.16. The summed E-state index contributed by atoms with van der Waals surface area (Å²) >= 11 is 0. The molecule has 2 nitrogen and oxygen atoms in total. The van der Waals surface area contributed by atoms with Crippen LogP contribution < -0.4 is 0 Å². The number of allylic oxidation sites excluding steroid dienone is 1. The second-order valence-electron chi connectivity index (χ2n) is 5.49. The number of hydrogen-bond donors (Lipinski definition) is 0. The Labute approximate surface area is 100 Å². The van der Waals surface area contributed by atoms with E-state index in [1.54, 1.807) is 0 Å². The van der Waals surface area contributed by atoms with Gasteiger partial charge in [-0.2, -0.15) is 0 Å². The van der Waals surface area contributed by atoms with Crippen LogP contribution in [-0.4, -0.2) is 19.8 Å². The summed E-state index contributed by atoms with van der Waals surface area (Å²) in [6.45, 7) is 9.08. The molecule has 1 fully saturated rings. The van der Waals surface area contributed by atoms with E-state index in [1.165, 1.54) is 31.3 Å². The van der Waals surface area contributed by atoms with E-state index in [1.807, 2.05) is 6.26 Å². The highest BCUT2D eigenvalue weighted by Gasteiger charge is 2.25. The maximum Gasteiger partial charge on any atom is 0.0879 e. The van der Waals surface area contributed by atoms with Gasteiger partial charge in [-0.25, -0.2) is 0 Å². The summed E-state index contributed by atoms with van der Waals surface area (Å²) in [6, 6.07) is 0. The maximum absolute atomic E-state index is 5.70. The molecule has 0 aromatic carbocycles. The highest BCUT2D eigenvalue weighted by molar-refractivity contribution is 4.86. The molecule has 94 valence electrons. The number of rotatable bonds is 4. The van der Waals surface area contributed by atoms with Crippen LogP contribution in [0.5, 0.6) is 0 Å². The third kappa shape index (κ3) is 5.55. The lowest BCUT2D eigenvalue weighted by Crippen LogP contribution is -2.26. The molecular weight excluding hydrogens is 200 g/mol. The van der Waals surface area contributed by atoms with E-state index in [2.05, 4.69) is 20.8 Å². The van der Waals surface area contributed by atoms with Gasteiger partial charge in [-0.15, -0.1) is 0 Å². The predicted molar refractivity (Wildman–Crippen MR) is 67.4 cm³/mol. The molecule has 0 aromatic heterocycles. The van der Waals surface area contributed by atoms with Crippen LogP contribution in [0.1, 0.15) is 52.9 Å². The Bertz CT molecular complexity index is 209. The van der Waals surface area contributed by atoms with Crippen LogP contribution >= 0.6 is 0 Å². The van der Waals surface area contributed by atoms with Gasteiger partial charge in [-0.3, -0.25) is 0 Å². The fraction of sp³-hybridized carbons (Fsp3) is 0.857. The first-order valence-corrected chi connectivity index (χ1v) is 6.45. The fourth-order valence-electron chi connectivity index (χ4n) is 2.05. The van der Waals surface area contributed by atoms with Gasteiger partial charge >= 0.3 is 0 Å². The smallest absolute Gasteiger partial charge is 0.0879 e. The molecular formula is C14H26O2. The van der Waals surface area contributed by atoms with E-state index in [-0.39, 0.29) is 0 Å². The van der Waals surface area contributed by atoms with Crippen molar-refractivity contribution < 1.29 is 9.47 Å². The normalized spacial score (nSPS) is 26.7. The lowest BCUT2D eigenvalue weighted by atomic mass is 9.82. The zero-order chi connectivity index (χ0) is 11.9. The summed E-state index contributed by atoms with van der Waals surface area (Å²) in [7, 11) is 0. The molecule has 1 aliphatic heterocycles. The minimum Gasteiger partial charge on any atom is -0.501 e. The summed E-state index contributed by atoms with van der Waals surface area (Å²) in [5, 5.41) is 0. The van der Waals surface area contributed by atoms with Crippen molar-refractivity contribution >= 4 is 0 Å². The second kappa shape index (κ2) is 6.95. The summed E-state index contributed by atoms with van der Waals surface area (Å²) < 4.78 is 11.2. The molecule has 1 aliphatic rings. The molecule has 0 bridgehead atoms. The Balaban J connectivity index is 2.27. The maximum atomic E-state index is 5.70. The molecule has 1 unspecified atom stereocenters. The predicted octanol–water partition coefficient (Wildman–Crippen LogP) is 3.91. The Morgan fingerprint density at radius 1 is 1.31 bits per heavy atom. The van der Waals surface area contributed by atoms with Gasteiger partial charge in [0.2, 0.25) is 0 Å². The largest absolute Gasteiger partial charge is 0.501 e. The Kier molecular flexibility index (Phi) is 5.89. The third-order valence-corrected chi connectivity index (χ3v) is 3.16. The van der Waals surface area contributed by atoms with Gasteiger partial charge < -0.3 is 9.47 Å². The average molecular weight is 226 g/mol. The van der Waals surface area contributed by atoms with Gasteiger partial charge in [0.15, 0.2) is 0 Å². The van der Waals surface area contributed by atoms with Crippen LogP contribution in [0.25, 0.3) is 0 Å². The molecule has 0 radical (unpaired) electrons. The highest BCUT2D eigenvalue weighted by Crippen LogP contribution is 2.30. The summed E-state index contributed by atoms with van der Waals surface area (Å²) in [5.41, 5.74) is 1.54. The zero-order valence-corrected chi connectivity index (χ0v) is 11.1. The van der Waals surface area contributed by atoms with E-state index < -0.39 is 0 Å². The summed E-state index contributed by atoms with van der Waals surface area (Å²) in [5.74, 6) is 0. The molecule has 0 N–H and O–H groups in total. The van der Waals surface area contributed by atoms with Crippen molar-refractivity contribution in [1.82, 2.24) is 0 Å². The minimum atomic E-state index is 0.315. The first-order valence-electron chi connectivity index (χ1n) is 6.45. The molecule has 1 saturated heterocycles. The molecule has 0 amide bonds. The Morgan fingerprint density at radius 3 is 2.88 bits per heavy atom. The van der Waals surface area contributed by atoms with Crippen LogP contribution in [0.3, 0.4) is 0 Å². The zero-order valence-electron chi connectivity index (χ0n) is 11.1. The van der Waals surface area contributed by atoms with Crippen molar-refractivity contribution in [2.45, 2.75) is 52.9 Å². The molecule has 16 heavy (non-hydrogen) atoms. The van der Waals surface area contributed by atoms with Crippen LogP contribution in [0, 0.1) is 5.41 Å². The number of ether oxygens (including phenoxy) is 2. The molecule has 1 rings (SSSR count). The van der Waals surface area contributed by atoms with Gasteiger partial charge in [0.05, 0.1) is 19.5 Å². The highest BCUT2D eigenvalue weighted by atomic mass is 16.5. The van der Waals surface area contributed by atoms with Crippen molar-refractivity contribution in [3.63, 3.8) is 0 Å². The van der Waals surface area contributed by atoms with Crippen molar-refractivity contribution in [2.75, 3.05) is 19.8 Å². The SMILES string of the molecule is CC(C)=COCCC1(C)CCCCCOC1. The molecule has 1 atom stereocenters. The van der Waals surface area contributed by atoms with Crippen LogP contribution in [0.2, 0.25) is 0 Å². The second-order valence-corrected chi connectivity index (χ2v) is 5.49. The Morgan fingerprint density at radius 2 is 2.12 bits per heavy atom. The van der Waals surface area contributed by atoms with Gasteiger partial charge in [-0.1, -0.05) is 19.8 Å². The minimum absolute atomic E-state index is 0.315. The van der Waals surface area contributed by atoms with Gasteiger partial charge in [0, 0.05) is 6.61 Å². The molecule has 2 heteroatoms. The topological polar surface area (TPSA) is 18.5 Å². The average Bonchev–Trinajstić information content (AvgIpc) is 2.19. The van der Waals surface area contributed by atoms with Gasteiger partial charge in [-0.05, 0) is 44.1 Å². The standard InChI is InChI=1S/C14H26O2/c1-13(2)11-15-10-8-14(3)7-5-4-6-9-16-12-14/h11H,4-10,12H2,1-3H3. The fourth-order valence-corrected chi connectivity index (χ4v) is 2.05. The molecule has 1 heterocycles. The van der Waals surface area contributed by atoms with Gasteiger partial charge in [0.1, 0.15) is 0 Å². The van der Waals surface area contributed by atoms with E-state index in [0.29, 0.717) is 5.41 Å². The lowest BCUT2D eigenvalue weighted by Gasteiger charge is -2.31. The molecule has 0 aliphatic carbocycles. The molecule has 0 spiro atoms. The quantitative estimate of drug-likeness (QED) is 0.534. The molecule has 0 saturated carbocycles.